The summed E-state index contributed by atoms with van der Waals surface area (Å²) in [6.45, 7) is 10.0. The topological polar surface area (TPSA) is 6.48 Å². The van der Waals surface area contributed by atoms with Crippen LogP contribution in [0.15, 0.2) is 0 Å². The van der Waals surface area contributed by atoms with Crippen LogP contribution in [0.2, 0.25) is 0 Å². The summed E-state index contributed by atoms with van der Waals surface area (Å²) < 4.78 is 0. The summed E-state index contributed by atoms with van der Waals surface area (Å²) in [6.07, 6.45) is 0. The maximum atomic E-state index is 2.46. The Morgan fingerprint density at radius 2 is 1.27 bits per heavy atom. The van der Waals surface area contributed by atoms with Crippen molar-refractivity contribution in [3.05, 3.63) is 0 Å². The van der Waals surface area contributed by atoms with Gasteiger partial charge in [-0.15, -0.1) is 0 Å². The number of hydrogen-bond acceptors (Lipinski definition) is 2. The zero-order valence-electron chi connectivity index (χ0n) is 8.76. The Hall–Kier alpha value is -0.0800. The smallest absolute Gasteiger partial charge is 0.0505 e. The average molecular weight is 158 g/mol. The quantitative estimate of drug-likeness (QED) is 0.574. The molecular formula is C9H22N2. The highest BCUT2D eigenvalue weighted by atomic mass is 15.3. The van der Waals surface area contributed by atoms with Crippen LogP contribution in [0.25, 0.3) is 0 Å². The Kier molecular flexibility index (Phi) is 4.69. The molecule has 0 aliphatic carbocycles. The molecule has 0 aromatic carbocycles. The van der Waals surface area contributed by atoms with Crippen LogP contribution in [-0.4, -0.2) is 42.6 Å². The van der Waals surface area contributed by atoms with Crippen molar-refractivity contribution in [3.63, 3.8) is 0 Å². The summed E-state index contributed by atoms with van der Waals surface area (Å²) in [5.74, 6) is 0. The van der Waals surface area contributed by atoms with Crippen molar-refractivity contribution >= 4 is 0 Å². The van der Waals surface area contributed by atoms with Crippen molar-refractivity contribution in [1.82, 2.24) is 9.80 Å². The van der Waals surface area contributed by atoms with Crippen LogP contribution >= 0.6 is 0 Å². The maximum absolute atomic E-state index is 2.46. The molecule has 0 atom stereocenters. The van der Waals surface area contributed by atoms with Gasteiger partial charge in [-0.25, -0.2) is 0 Å². The molecule has 11 heavy (non-hydrogen) atoms. The zero-order valence-corrected chi connectivity index (χ0v) is 8.76. The van der Waals surface area contributed by atoms with Crippen LogP contribution in [0.5, 0.6) is 0 Å². The van der Waals surface area contributed by atoms with Gasteiger partial charge in [-0.3, -0.25) is 9.80 Å². The SMILES string of the molecule is CC(C)N(CN(C)C)C(C)C. The predicted octanol–water partition coefficient (Wildman–Crippen LogP) is 1.62. The largest absolute Gasteiger partial charge is 0.297 e. The summed E-state index contributed by atoms with van der Waals surface area (Å²) in [5.41, 5.74) is 0. The van der Waals surface area contributed by atoms with E-state index in [9.17, 15) is 0 Å². The van der Waals surface area contributed by atoms with Gasteiger partial charge in [0.2, 0.25) is 0 Å². The Bertz CT molecular complexity index is 89.7. The first-order valence-corrected chi connectivity index (χ1v) is 4.35. The predicted molar refractivity (Wildman–Crippen MR) is 50.7 cm³/mol. The molecule has 0 aliphatic rings. The molecule has 0 amide bonds. The van der Waals surface area contributed by atoms with Gasteiger partial charge in [0.1, 0.15) is 0 Å². The molecule has 0 aromatic rings. The molecule has 2 heteroatoms. The maximum Gasteiger partial charge on any atom is 0.0505 e. The molecule has 2 nitrogen and oxygen atoms in total. The van der Waals surface area contributed by atoms with E-state index in [1.165, 1.54) is 0 Å². The molecule has 0 radical (unpaired) electrons. The zero-order chi connectivity index (χ0) is 9.02. The molecule has 0 fully saturated rings. The van der Waals surface area contributed by atoms with E-state index in [-0.39, 0.29) is 0 Å². The van der Waals surface area contributed by atoms with Gasteiger partial charge in [-0.2, -0.15) is 0 Å². The van der Waals surface area contributed by atoms with Crippen molar-refractivity contribution in [2.45, 2.75) is 39.8 Å². The fourth-order valence-corrected chi connectivity index (χ4v) is 1.25. The van der Waals surface area contributed by atoms with E-state index in [0.29, 0.717) is 12.1 Å². The third-order valence-corrected chi connectivity index (χ3v) is 1.77. The second kappa shape index (κ2) is 4.73. The minimum atomic E-state index is 0.636. The highest BCUT2D eigenvalue weighted by Crippen LogP contribution is 2.04. The van der Waals surface area contributed by atoms with E-state index < -0.39 is 0 Å². The Labute approximate surface area is 71.2 Å². The molecule has 0 aromatic heterocycles. The number of rotatable bonds is 4. The first-order valence-electron chi connectivity index (χ1n) is 4.35. The molecule has 0 saturated heterocycles. The lowest BCUT2D eigenvalue weighted by Gasteiger charge is -2.32. The fraction of sp³-hybridized carbons (Fsp3) is 1.00. The third kappa shape index (κ3) is 4.38. The summed E-state index contributed by atoms with van der Waals surface area (Å²) in [4.78, 5) is 4.67. The van der Waals surface area contributed by atoms with Crippen LogP contribution in [0.4, 0.5) is 0 Å². The van der Waals surface area contributed by atoms with E-state index in [2.05, 4.69) is 51.6 Å². The molecule has 68 valence electrons. The van der Waals surface area contributed by atoms with Crippen LogP contribution in [0.1, 0.15) is 27.7 Å². The van der Waals surface area contributed by atoms with Gasteiger partial charge in [0.15, 0.2) is 0 Å². The lowest BCUT2D eigenvalue weighted by Crippen LogP contribution is -2.42. The Balaban J connectivity index is 3.90. The Morgan fingerprint density at radius 1 is 0.909 bits per heavy atom. The molecule has 0 N–H and O–H groups in total. The van der Waals surface area contributed by atoms with Gasteiger partial charge in [0, 0.05) is 12.1 Å². The number of hydrogen-bond donors (Lipinski definition) is 0. The van der Waals surface area contributed by atoms with E-state index in [4.69, 9.17) is 0 Å². The van der Waals surface area contributed by atoms with E-state index >= 15 is 0 Å². The van der Waals surface area contributed by atoms with Crippen molar-refractivity contribution in [2.75, 3.05) is 20.8 Å². The standard InChI is InChI=1S/C9H22N2/c1-8(2)11(9(3)4)7-10(5)6/h8-9H,7H2,1-6H3. The summed E-state index contributed by atoms with van der Waals surface area (Å²) in [7, 11) is 4.22. The molecule has 0 heterocycles. The van der Waals surface area contributed by atoms with E-state index in [1.807, 2.05) is 0 Å². The van der Waals surface area contributed by atoms with Gasteiger partial charge < -0.3 is 0 Å². The summed E-state index contributed by atoms with van der Waals surface area (Å²) in [5, 5.41) is 0. The molecule has 0 spiro atoms. The minimum Gasteiger partial charge on any atom is -0.297 e. The molecule has 0 saturated carbocycles. The van der Waals surface area contributed by atoms with Crippen LogP contribution in [-0.2, 0) is 0 Å². The van der Waals surface area contributed by atoms with E-state index in [0.717, 1.165) is 6.67 Å². The second-order valence-electron chi connectivity index (χ2n) is 3.92. The monoisotopic (exact) mass is 158 g/mol. The lowest BCUT2D eigenvalue weighted by molar-refractivity contribution is 0.107. The van der Waals surface area contributed by atoms with E-state index in [1.54, 1.807) is 0 Å². The van der Waals surface area contributed by atoms with Crippen molar-refractivity contribution in [1.29, 1.82) is 0 Å². The average Bonchev–Trinajstić information content (AvgIpc) is 1.81. The summed E-state index contributed by atoms with van der Waals surface area (Å²) in [6, 6.07) is 1.27. The van der Waals surface area contributed by atoms with Crippen LogP contribution in [0.3, 0.4) is 0 Å². The fourth-order valence-electron chi connectivity index (χ4n) is 1.25. The molecule has 0 rings (SSSR count). The van der Waals surface area contributed by atoms with Crippen molar-refractivity contribution < 1.29 is 0 Å². The van der Waals surface area contributed by atoms with Crippen molar-refractivity contribution in [2.24, 2.45) is 0 Å². The minimum absolute atomic E-state index is 0.636. The molecule has 0 bridgehead atoms. The highest BCUT2D eigenvalue weighted by Gasteiger charge is 2.12. The highest BCUT2D eigenvalue weighted by molar-refractivity contribution is 4.65. The van der Waals surface area contributed by atoms with Gasteiger partial charge >= 0.3 is 0 Å². The van der Waals surface area contributed by atoms with Crippen LogP contribution < -0.4 is 0 Å². The number of nitrogens with zero attached hydrogens (tertiary/aromatic N) is 2. The third-order valence-electron chi connectivity index (χ3n) is 1.77. The second-order valence-corrected chi connectivity index (χ2v) is 3.92. The first-order chi connectivity index (χ1) is 4.95. The molecular weight excluding hydrogens is 136 g/mol. The van der Waals surface area contributed by atoms with Crippen LogP contribution in [0, 0.1) is 0 Å². The van der Waals surface area contributed by atoms with Crippen molar-refractivity contribution in [3.8, 4) is 0 Å². The normalized spacial score (nSPS) is 12.5. The summed E-state index contributed by atoms with van der Waals surface area (Å²) >= 11 is 0. The molecule has 0 aliphatic heterocycles. The van der Waals surface area contributed by atoms with Gasteiger partial charge in [0.25, 0.3) is 0 Å². The molecule has 0 unspecified atom stereocenters. The van der Waals surface area contributed by atoms with Gasteiger partial charge in [-0.05, 0) is 41.8 Å². The van der Waals surface area contributed by atoms with Gasteiger partial charge in [0.05, 0.1) is 6.67 Å². The lowest BCUT2D eigenvalue weighted by atomic mass is 10.2. The van der Waals surface area contributed by atoms with Gasteiger partial charge in [-0.1, -0.05) is 0 Å². The first kappa shape index (κ1) is 10.9. The Morgan fingerprint density at radius 3 is 1.36 bits per heavy atom.